The van der Waals surface area contributed by atoms with Crippen LogP contribution in [0.2, 0.25) is 0 Å². The van der Waals surface area contributed by atoms with Gasteiger partial charge in [-0.15, -0.1) is 0 Å². The summed E-state index contributed by atoms with van der Waals surface area (Å²) in [4.78, 5) is 0. The molecule has 13 heavy (non-hydrogen) atoms. The van der Waals surface area contributed by atoms with Gasteiger partial charge in [0.2, 0.25) is 0 Å². The van der Waals surface area contributed by atoms with E-state index in [1.54, 1.807) is 0 Å². The highest BCUT2D eigenvalue weighted by Crippen LogP contribution is 2.39. The molecule has 0 unspecified atom stereocenters. The van der Waals surface area contributed by atoms with Crippen LogP contribution < -0.4 is 0 Å². The molecule has 3 fully saturated rings. The lowest BCUT2D eigenvalue weighted by molar-refractivity contribution is -0.206. The maximum atomic E-state index is 5.68. The van der Waals surface area contributed by atoms with Gasteiger partial charge in [0.25, 0.3) is 0 Å². The van der Waals surface area contributed by atoms with E-state index in [-0.39, 0.29) is 18.5 Å². The molecular weight excluding hydrogens is 172 g/mol. The summed E-state index contributed by atoms with van der Waals surface area (Å²) in [7, 11) is 0. The topological polar surface area (TPSA) is 40.2 Å². The monoisotopic (exact) mass is 186 g/mol. The number of fused-ring (bicyclic) bond motifs is 1. The molecule has 0 N–H and O–H groups in total. The summed E-state index contributed by atoms with van der Waals surface area (Å²) >= 11 is 0. The van der Waals surface area contributed by atoms with Crippen LogP contribution in [0.1, 0.15) is 20.3 Å². The van der Waals surface area contributed by atoms with Gasteiger partial charge in [-0.3, -0.25) is 0 Å². The van der Waals surface area contributed by atoms with Crippen LogP contribution in [0.4, 0.5) is 0 Å². The Labute approximate surface area is 77.1 Å². The van der Waals surface area contributed by atoms with Crippen molar-refractivity contribution in [1.29, 1.82) is 0 Å². The summed E-state index contributed by atoms with van der Waals surface area (Å²) in [5, 5.41) is 0. The maximum Gasteiger partial charge on any atom is 0.187 e. The summed E-state index contributed by atoms with van der Waals surface area (Å²) in [6, 6.07) is 0. The summed E-state index contributed by atoms with van der Waals surface area (Å²) in [6.45, 7) is 4.65. The number of hydrogen-bond acceptors (Lipinski definition) is 4. The summed E-state index contributed by atoms with van der Waals surface area (Å²) < 4.78 is 22.1. The average molecular weight is 186 g/mol. The van der Waals surface area contributed by atoms with Crippen molar-refractivity contribution in [2.24, 2.45) is 0 Å². The van der Waals surface area contributed by atoms with Gasteiger partial charge < -0.3 is 18.9 Å². The number of ether oxygens (including phenoxy) is 4. The first kappa shape index (κ1) is 8.17. The predicted octanol–water partition coefficient (Wildman–Crippen LogP) is 0.652. The third-order valence-electron chi connectivity index (χ3n) is 2.69. The maximum absolute atomic E-state index is 5.68. The van der Waals surface area contributed by atoms with E-state index >= 15 is 0 Å². The average Bonchev–Trinajstić information content (AvgIpc) is 2.71. The largest absolute Gasteiger partial charge is 0.370 e. The molecule has 3 heterocycles. The van der Waals surface area contributed by atoms with Crippen molar-refractivity contribution in [3.8, 4) is 0 Å². The van der Waals surface area contributed by atoms with Crippen LogP contribution in [0.3, 0.4) is 0 Å². The number of hydrogen-bond donors (Lipinski definition) is 0. The minimum Gasteiger partial charge on any atom is -0.370 e. The van der Waals surface area contributed by atoms with Gasteiger partial charge in [-0.05, 0) is 13.8 Å². The Kier molecular flexibility index (Phi) is 1.54. The van der Waals surface area contributed by atoms with Crippen LogP contribution in [0.25, 0.3) is 0 Å². The molecule has 0 aromatic carbocycles. The second kappa shape index (κ2) is 2.45. The van der Waals surface area contributed by atoms with Crippen LogP contribution in [0, 0.1) is 0 Å². The highest BCUT2D eigenvalue weighted by Gasteiger charge is 2.52. The van der Waals surface area contributed by atoms with Crippen LogP contribution in [0.5, 0.6) is 0 Å². The van der Waals surface area contributed by atoms with Gasteiger partial charge in [-0.1, -0.05) is 0 Å². The Morgan fingerprint density at radius 1 is 1.08 bits per heavy atom. The summed E-state index contributed by atoms with van der Waals surface area (Å²) in [5.41, 5.74) is 0. The Hall–Kier alpha value is -0.160. The van der Waals surface area contributed by atoms with E-state index in [9.17, 15) is 0 Å². The van der Waals surface area contributed by atoms with E-state index in [0.29, 0.717) is 6.10 Å². The van der Waals surface area contributed by atoms with Crippen molar-refractivity contribution in [2.45, 2.75) is 50.7 Å². The summed E-state index contributed by atoms with van der Waals surface area (Å²) in [6.07, 6.45) is 1.30. The van der Waals surface area contributed by atoms with E-state index in [0.717, 1.165) is 13.0 Å². The molecule has 4 atom stereocenters. The van der Waals surface area contributed by atoms with E-state index < -0.39 is 5.79 Å². The number of rotatable bonds is 1. The fourth-order valence-corrected chi connectivity index (χ4v) is 2.04. The Morgan fingerprint density at radius 3 is 2.46 bits per heavy atom. The molecule has 0 saturated carbocycles. The van der Waals surface area contributed by atoms with E-state index in [4.69, 9.17) is 18.9 Å². The van der Waals surface area contributed by atoms with Crippen molar-refractivity contribution in [2.75, 3.05) is 6.61 Å². The molecule has 0 radical (unpaired) electrons. The number of epoxide rings is 1. The van der Waals surface area contributed by atoms with Crippen LogP contribution in [-0.4, -0.2) is 37.0 Å². The summed E-state index contributed by atoms with van der Waals surface area (Å²) in [5.74, 6) is -0.481. The van der Waals surface area contributed by atoms with Gasteiger partial charge in [0.15, 0.2) is 12.1 Å². The molecule has 74 valence electrons. The molecular formula is C9H14O4. The molecule has 3 aliphatic heterocycles. The molecule has 3 saturated heterocycles. The smallest absolute Gasteiger partial charge is 0.187 e. The minimum absolute atomic E-state index is 0.101. The van der Waals surface area contributed by atoms with Crippen molar-refractivity contribution in [1.82, 2.24) is 0 Å². The minimum atomic E-state index is -0.481. The van der Waals surface area contributed by atoms with E-state index in [1.807, 2.05) is 13.8 Å². The van der Waals surface area contributed by atoms with Crippen molar-refractivity contribution in [3.63, 3.8) is 0 Å². The van der Waals surface area contributed by atoms with Crippen molar-refractivity contribution in [3.05, 3.63) is 0 Å². The molecule has 0 aliphatic carbocycles. The van der Waals surface area contributed by atoms with Crippen LogP contribution >= 0.6 is 0 Å². The van der Waals surface area contributed by atoms with E-state index in [2.05, 4.69) is 0 Å². The third-order valence-corrected chi connectivity index (χ3v) is 2.69. The normalized spacial score (nSPS) is 52.2. The fraction of sp³-hybridized carbons (Fsp3) is 1.00. The highest BCUT2D eigenvalue weighted by atomic mass is 16.8. The molecule has 3 rings (SSSR count). The first-order chi connectivity index (χ1) is 6.14. The van der Waals surface area contributed by atoms with Gasteiger partial charge in [-0.2, -0.15) is 0 Å². The molecule has 0 amide bonds. The van der Waals surface area contributed by atoms with Crippen molar-refractivity contribution < 1.29 is 18.9 Å². The lowest BCUT2D eigenvalue weighted by Crippen LogP contribution is -2.26. The van der Waals surface area contributed by atoms with Crippen molar-refractivity contribution >= 4 is 0 Å². The second-order valence-corrected chi connectivity index (χ2v) is 4.32. The Balaban J connectivity index is 1.66. The zero-order valence-corrected chi connectivity index (χ0v) is 7.86. The quantitative estimate of drug-likeness (QED) is 0.564. The van der Waals surface area contributed by atoms with E-state index in [1.165, 1.54) is 0 Å². The van der Waals surface area contributed by atoms with Gasteiger partial charge in [0.1, 0.15) is 12.2 Å². The first-order valence-electron chi connectivity index (χ1n) is 4.77. The van der Waals surface area contributed by atoms with Crippen LogP contribution in [-0.2, 0) is 18.9 Å². The van der Waals surface area contributed by atoms with Gasteiger partial charge >= 0.3 is 0 Å². The molecule has 3 aliphatic rings. The zero-order valence-electron chi connectivity index (χ0n) is 7.86. The molecule has 0 spiro atoms. The lowest BCUT2D eigenvalue weighted by atomic mass is 10.1. The SMILES string of the molecule is CC1(C)O[C@H]2O[C@H]([C@@H]3CO3)C[C@H]2O1. The molecule has 0 bridgehead atoms. The van der Waals surface area contributed by atoms with Gasteiger partial charge in [-0.25, -0.2) is 0 Å². The molecule has 4 nitrogen and oxygen atoms in total. The fourth-order valence-electron chi connectivity index (χ4n) is 2.04. The lowest BCUT2D eigenvalue weighted by Gasteiger charge is -2.19. The first-order valence-corrected chi connectivity index (χ1v) is 4.77. The molecule has 4 heteroatoms. The predicted molar refractivity (Wildman–Crippen MR) is 43.1 cm³/mol. The third kappa shape index (κ3) is 1.38. The van der Waals surface area contributed by atoms with Gasteiger partial charge in [0, 0.05) is 6.42 Å². The molecule has 0 aromatic rings. The zero-order chi connectivity index (χ0) is 9.05. The Bertz CT molecular complexity index is 208. The van der Waals surface area contributed by atoms with Crippen LogP contribution in [0.15, 0.2) is 0 Å². The standard InChI is InChI=1S/C9H14O4/c1-9(2)12-6-3-5(7-4-10-7)11-8(6)13-9/h5-8H,3-4H2,1-2H3/t5-,6+,7-,8+/m0/s1. The highest BCUT2D eigenvalue weighted by molar-refractivity contribution is 4.92. The second-order valence-electron chi connectivity index (χ2n) is 4.32. The Morgan fingerprint density at radius 2 is 1.85 bits per heavy atom. The van der Waals surface area contributed by atoms with Gasteiger partial charge in [0.05, 0.1) is 12.7 Å². The molecule has 0 aromatic heterocycles.